The van der Waals surface area contributed by atoms with Crippen LogP contribution in [0.25, 0.3) is 11.2 Å². The molecule has 0 saturated heterocycles. The minimum atomic E-state index is 0.839. The van der Waals surface area contributed by atoms with Crippen LogP contribution in [0.2, 0.25) is 0 Å². The average molecular weight is 176 g/mol. The van der Waals surface area contributed by atoms with Gasteiger partial charge in [0.05, 0.1) is 11.9 Å². The van der Waals surface area contributed by atoms with Crippen molar-refractivity contribution in [1.82, 2.24) is 19.7 Å². The predicted molar refractivity (Wildman–Crippen MR) is 50.4 cm³/mol. The van der Waals surface area contributed by atoms with E-state index in [1.54, 1.807) is 6.20 Å². The topological polar surface area (TPSA) is 43.6 Å². The molecule has 0 fully saturated rings. The predicted octanol–water partition coefficient (Wildman–Crippen LogP) is 1.41. The first-order chi connectivity index (χ1) is 6.35. The summed E-state index contributed by atoms with van der Waals surface area (Å²) in [6.07, 6.45) is 4.48. The average Bonchev–Trinajstić information content (AvgIpc) is 2.59. The lowest BCUT2D eigenvalue weighted by Crippen LogP contribution is -1.99. The van der Waals surface area contributed by atoms with Gasteiger partial charge in [-0.15, -0.1) is 0 Å². The minimum Gasteiger partial charge on any atom is -0.249 e. The Morgan fingerprint density at radius 2 is 2.15 bits per heavy atom. The molecule has 0 radical (unpaired) electrons. The summed E-state index contributed by atoms with van der Waals surface area (Å²) in [4.78, 5) is 8.74. The maximum absolute atomic E-state index is 4.46. The smallest absolute Gasteiger partial charge is 0.177 e. The molecule has 0 N–H and O–H groups in total. The molecule has 0 aromatic carbocycles. The van der Waals surface area contributed by atoms with Crippen LogP contribution in [-0.4, -0.2) is 19.7 Å². The monoisotopic (exact) mass is 176 g/mol. The van der Waals surface area contributed by atoms with Gasteiger partial charge in [0.2, 0.25) is 0 Å². The molecule has 0 atom stereocenters. The van der Waals surface area contributed by atoms with Crippen molar-refractivity contribution in [2.24, 2.45) is 0 Å². The second kappa shape index (κ2) is 3.12. The Balaban J connectivity index is 2.64. The summed E-state index contributed by atoms with van der Waals surface area (Å²) in [7, 11) is 0. The van der Waals surface area contributed by atoms with Crippen LogP contribution in [0.1, 0.15) is 19.5 Å². The number of aryl methyl sites for hydroxylation is 2. The van der Waals surface area contributed by atoms with Gasteiger partial charge in [0, 0.05) is 12.7 Å². The van der Waals surface area contributed by atoms with E-state index >= 15 is 0 Å². The SMILES string of the molecule is CCc1cnc2cnn(CC)c2n1. The lowest BCUT2D eigenvalue weighted by molar-refractivity contribution is 0.675. The van der Waals surface area contributed by atoms with Gasteiger partial charge in [-0.1, -0.05) is 6.92 Å². The second-order valence-corrected chi connectivity index (χ2v) is 2.88. The molecule has 0 aliphatic rings. The third kappa shape index (κ3) is 1.28. The molecule has 13 heavy (non-hydrogen) atoms. The normalized spacial score (nSPS) is 10.9. The molecule has 2 aromatic heterocycles. The van der Waals surface area contributed by atoms with Crippen LogP contribution in [-0.2, 0) is 13.0 Å². The van der Waals surface area contributed by atoms with Crippen LogP contribution in [0, 0.1) is 0 Å². The van der Waals surface area contributed by atoms with Crippen molar-refractivity contribution in [2.75, 3.05) is 0 Å². The Labute approximate surface area is 76.6 Å². The third-order valence-electron chi connectivity index (χ3n) is 2.06. The molecule has 0 spiro atoms. The van der Waals surface area contributed by atoms with Crippen molar-refractivity contribution in [2.45, 2.75) is 26.8 Å². The number of hydrogen-bond acceptors (Lipinski definition) is 3. The zero-order valence-corrected chi connectivity index (χ0v) is 7.86. The molecule has 0 saturated carbocycles. The highest BCUT2D eigenvalue weighted by Gasteiger charge is 2.03. The quantitative estimate of drug-likeness (QED) is 0.694. The number of fused-ring (bicyclic) bond motifs is 1. The molecule has 0 aliphatic carbocycles. The van der Waals surface area contributed by atoms with Gasteiger partial charge in [0.15, 0.2) is 5.65 Å². The number of aromatic nitrogens is 4. The Bertz CT molecular complexity index is 418. The molecule has 4 heteroatoms. The maximum atomic E-state index is 4.46. The first-order valence-corrected chi connectivity index (χ1v) is 4.52. The fourth-order valence-corrected chi connectivity index (χ4v) is 1.29. The van der Waals surface area contributed by atoms with Crippen LogP contribution < -0.4 is 0 Å². The van der Waals surface area contributed by atoms with E-state index in [9.17, 15) is 0 Å². The Morgan fingerprint density at radius 1 is 1.31 bits per heavy atom. The molecule has 0 bridgehead atoms. The van der Waals surface area contributed by atoms with Crippen molar-refractivity contribution in [3.05, 3.63) is 18.1 Å². The van der Waals surface area contributed by atoms with Gasteiger partial charge in [-0.25, -0.2) is 14.6 Å². The zero-order valence-electron chi connectivity index (χ0n) is 7.86. The van der Waals surface area contributed by atoms with E-state index in [2.05, 4.69) is 22.0 Å². The highest BCUT2D eigenvalue weighted by atomic mass is 15.3. The summed E-state index contributed by atoms with van der Waals surface area (Å²) >= 11 is 0. The van der Waals surface area contributed by atoms with Gasteiger partial charge in [0.1, 0.15) is 5.52 Å². The van der Waals surface area contributed by atoms with Gasteiger partial charge in [-0.3, -0.25) is 0 Å². The maximum Gasteiger partial charge on any atom is 0.177 e. The van der Waals surface area contributed by atoms with E-state index in [1.807, 2.05) is 17.8 Å². The van der Waals surface area contributed by atoms with Gasteiger partial charge >= 0.3 is 0 Å². The van der Waals surface area contributed by atoms with E-state index in [-0.39, 0.29) is 0 Å². The fourth-order valence-electron chi connectivity index (χ4n) is 1.29. The second-order valence-electron chi connectivity index (χ2n) is 2.88. The van der Waals surface area contributed by atoms with E-state index < -0.39 is 0 Å². The summed E-state index contributed by atoms with van der Waals surface area (Å²) < 4.78 is 1.86. The Hall–Kier alpha value is -1.45. The van der Waals surface area contributed by atoms with Crippen molar-refractivity contribution >= 4 is 11.2 Å². The van der Waals surface area contributed by atoms with Crippen LogP contribution in [0.3, 0.4) is 0 Å². The van der Waals surface area contributed by atoms with Crippen molar-refractivity contribution in [3.8, 4) is 0 Å². The molecule has 2 aromatic rings. The van der Waals surface area contributed by atoms with Gasteiger partial charge in [-0.2, -0.15) is 5.10 Å². The molecule has 4 nitrogen and oxygen atoms in total. The van der Waals surface area contributed by atoms with E-state index in [0.29, 0.717) is 0 Å². The van der Waals surface area contributed by atoms with Crippen molar-refractivity contribution in [3.63, 3.8) is 0 Å². The summed E-state index contributed by atoms with van der Waals surface area (Å²) in [5.41, 5.74) is 2.78. The van der Waals surface area contributed by atoms with E-state index in [1.165, 1.54) is 0 Å². The fraction of sp³-hybridized carbons (Fsp3) is 0.444. The van der Waals surface area contributed by atoms with Gasteiger partial charge in [0.25, 0.3) is 0 Å². The molecule has 2 rings (SSSR count). The lowest BCUT2D eigenvalue weighted by atomic mass is 10.3. The zero-order chi connectivity index (χ0) is 9.26. The summed E-state index contributed by atoms with van der Waals surface area (Å²) in [6.45, 7) is 4.96. The molecule has 0 unspecified atom stereocenters. The number of nitrogens with zero attached hydrogens (tertiary/aromatic N) is 4. The standard InChI is InChI=1S/C9H12N4/c1-3-7-5-10-8-6-11-13(4-2)9(8)12-7/h5-6H,3-4H2,1-2H3. The molecule has 0 amide bonds. The van der Waals surface area contributed by atoms with Crippen molar-refractivity contribution in [1.29, 1.82) is 0 Å². The highest BCUT2D eigenvalue weighted by molar-refractivity contribution is 5.68. The molecular weight excluding hydrogens is 164 g/mol. The summed E-state index contributed by atoms with van der Waals surface area (Å²) in [5, 5.41) is 4.18. The Kier molecular flexibility index (Phi) is 1.96. The number of rotatable bonds is 2. The van der Waals surface area contributed by atoms with E-state index in [4.69, 9.17) is 0 Å². The lowest BCUT2D eigenvalue weighted by Gasteiger charge is -1.98. The van der Waals surface area contributed by atoms with Crippen molar-refractivity contribution < 1.29 is 0 Å². The van der Waals surface area contributed by atoms with Crippen LogP contribution in [0.15, 0.2) is 12.4 Å². The van der Waals surface area contributed by atoms with Crippen LogP contribution in [0.5, 0.6) is 0 Å². The molecule has 68 valence electrons. The number of hydrogen-bond donors (Lipinski definition) is 0. The summed E-state index contributed by atoms with van der Waals surface area (Å²) in [6, 6.07) is 0. The van der Waals surface area contributed by atoms with Crippen LogP contribution in [0.4, 0.5) is 0 Å². The van der Waals surface area contributed by atoms with Crippen LogP contribution >= 0.6 is 0 Å². The summed E-state index contributed by atoms with van der Waals surface area (Å²) in [5.74, 6) is 0. The first-order valence-electron chi connectivity index (χ1n) is 4.52. The minimum absolute atomic E-state index is 0.839. The first kappa shape index (κ1) is 8.16. The van der Waals surface area contributed by atoms with Gasteiger partial charge in [-0.05, 0) is 13.3 Å². The van der Waals surface area contributed by atoms with Gasteiger partial charge < -0.3 is 0 Å². The van der Waals surface area contributed by atoms with E-state index in [0.717, 1.165) is 29.8 Å². The highest BCUT2D eigenvalue weighted by Crippen LogP contribution is 2.08. The Morgan fingerprint density at radius 3 is 2.85 bits per heavy atom. The molecule has 0 aliphatic heterocycles. The third-order valence-corrected chi connectivity index (χ3v) is 2.06. The largest absolute Gasteiger partial charge is 0.249 e. The molecular formula is C9H12N4. The molecule has 2 heterocycles.